The van der Waals surface area contributed by atoms with Gasteiger partial charge in [0.05, 0.1) is 27.8 Å². The number of carbonyl (C=O) groups is 1. The quantitative estimate of drug-likeness (QED) is 0.796. The van der Waals surface area contributed by atoms with Crippen molar-refractivity contribution in [2.75, 3.05) is 17.5 Å². The van der Waals surface area contributed by atoms with Crippen LogP contribution in [0.2, 0.25) is 5.02 Å². The fourth-order valence-electron chi connectivity index (χ4n) is 3.06. The van der Waals surface area contributed by atoms with Gasteiger partial charge in [-0.15, -0.1) is 0 Å². The largest absolute Gasteiger partial charge is 0.394 e. The molecule has 2 N–H and O–H groups in total. The van der Waals surface area contributed by atoms with E-state index < -0.39 is 22.0 Å². The molecule has 2 aromatic carbocycles. The second-order valence-electron chi connectivity index (χ2n) is 6.51. The highest BCUT2D eigenvalue weighted by Gasteiger charge is 2.30. The van der Waals surface area contributed by atoms with Crippen LogP contribution in [0.3, 0.4) is 0 Å². The standard InChI is InChI=1S/C19H21ClN2O4S/c1-13(12-23)21-19(24)16-11-15(8-9-17(16)20)27(25,26)22-10-4-6-14-5-2-3-7-18(14)22/h2-3,5,7-9,11,13,23H,4,6,10,12H2,1H3,(H,21,24). The first kappa shape index (κ1) is 19.7. The van der Waals surface area contributed by atoms with E-state index in [1.54, 1.807) is 13.0 Å². The van der Waals surface area contributed by atoms with Crippen molar-refractivity contribution >= 4 is 33.2 Å². The van der Waals surface area contributed by atoms with E-state index in [4.69, 9.17) is 16.7 Å². The van der Waals surface area contributed by atoms with Gasteiger partial charge in [-0.2, -0.15) is 0 Å². The highest BCUT2D eigenvalue weighted by molar-refractivity contribution is 7.92. The molecule has 1 unspecified atom stereocenters. The Kier molecular flexibility index (Phi) is 5.74. The summed E-state index contributed by atoms with van der Waals surface area (Å²) in [6.45, 7) is 1.79. The summed E-state index contributed by atoms with van der Waals surface area (Å²) < 4.78 is 27.8. The predicted octanol–water partition coefficient (Wildman–Crippen LogP) is 2.59. The zero-order valence-corrected chi connectivity index (χ0v) is 16.4. The zero-order chi connectivity index (χ0) is 19.6. The summed E-state index contributed by atoms with van der Waals surface area (Å²) in [7, 11) is -3.84. The van der Waals surface area contributed by atoms with Crippen LogP contribution in [0.5, 0.6) is 0 Å². The summed E-state index contributed by atoms with van der Waals surface area (Å²) in [6.07, 6.45) is 1.56. The van der Waals surface area contributed by atoms with Crippen LogP contribution in [-0.2, 0) is 16.4 Å². The van der Waals surface area contributed by atoms with Gasteiger partial charge in [0.25, 0.3) is 15.9 Å². The second kappa shape index (κ2) is 7.88. The molecule has 6 nitrogen and oxygen atoms in total. The van der Waals surface area contributed by atoms with Gasteiger partial charge in [0.2, 0.25) is 0 Å². The highest BCUT2D eigenvalue weighted by atomic mass is 35.5. The second-order valence-corrected chi connectivity index (χ2v) is 8.78. The Morgan fingerprint density at radius 2 is 2.04 bits per heavy atom. The van der Waals surface area contributed by atoms with Crippen molar-refractivity contribution < 1.29 is 18.3 Å². The maximum absolute atomic E-state index is 13.2. The molecule has 8 heteroatoms. The summed E-state index contributed by atoms with van der Waals surface area (Å²) in [5.41, 5.74) is 1.71. The maximum Gasteiger partial charge on any atom is 0.264 e. The van der Waals surface area contributed by atoms with Crippen LogP contribution in [0.25, 0.3) is 0 Å². The number of anilines is 1. The third kappa shape index (κ3) is 3.95. The molecule has 0 saturated heterocycles. The number of fused-ring (bicyclic) bond motifs is 1. The van der Waals surface area contributed by atoms with Crippen LogP contribution in [0, 0.1) is 0 Å². The monoisotopic (exact) mass is 408 g/mol. The van der Waals surface area contributed by atoms with Crippen molar-refractivity contribution in [3.8, 4) is 0 Å². The number of rotatable bonds is 5. The topological polar surface area (TPSA) is 86.7 Å². The average molecular weight is 409 g/mol. The Balaban J connectivity index is 1.99. The number of aryl methyl sites for hydroxylation is 1. The Morgan fingerprint density at radius 1 is 1.30 bits per heavy atom. The Morgan fingerprint density at radius 3 is 2.78 bits per heavy atom. The number of aliphatic hydroxyl groups excluding tert-OH is 1. The van der Waals surface area contributed by atoms with Gasteiger partial charge in [-0.05, 0) is 49.6 Å². The van der Waals surface area contributed by atoms with Crippen LogP contribution in [-0.4, -0.2) is 38.6 Å². The first-order chi connectivity index (χ1) is 12.8. The van der Waals surface area contributed by atoms with E-state index in [0.717, 1.165) is 18.4 Å². The number of halogens is 1. The minimum absolute atomic E-state index is 0.00500. The van der Waals surface area contributed by atoms with Gasteiger partial charge in [0.1, 0.15) is 0 Å². The van der Waals surface area contributed by atoms with Gasteiger partial charge in [-0.1, -0.05) is 29.8 Å². The van der Waals surface area contributed by atoms with Gasteiger partial charge in [-0.3, -0.25) is 9.10 Å². The summed E-state index contributed by atoms with van der Waals surface area (Å²) in [5.74, 6) is -0.530. The first-order valence-electron chi connectivity index (χ1n) is 8.66. The van der Waals surface area contributed by atoms with E-state index in [-0.39, 0.29) is 22.1 Å². The molecule has 0 saturated carbocycles. The molecule has 2 aromatic rings. The molecule has 0 fully saturated rings. The lowest BCUT2D eigenvalue weighted by atomic mass is 10.0. The number of carbonyl (C=O) groups excluding carboxylic acids is 1. The van der Waals surface area contributed by atoms with Crippen molar-refractivity contribution in [1.29, 1.82) is 0 Å². The van der Waals surface area contributed by atoms with Crippen molar-refractivity contribution in [2.24, 2.45) is 0 Å². The Bertz CT molecular complexity index is 962. The van der Waals surface area contributed by atoms with Gasteiger partial charge in [0.15, 0.2) is 0 Å². The van der Waals surface area contributed by atoms with Crippen LogP contribution in [0.4, 0.5) is 5.69 Å². The van der Waals surface area contributed by atoms with Crippen molar-refractivity contribution in [3.05, 3.63) is 58.6 Å². The summed E-state index contributed by atoms with van der Waals surface area (Å²) in [5, 5.41) is 11.8. The predicted molar refractivity (Wildman–Crippen MR) is 105 cm³/mol. The Labute approximate surface area is 163 Å². The minimum Gasteiger partial charge on any atom is -0.394 e. The number of amides is 1. The molecule has 0 radical (unpaired) electrons. The van der Waals surface area contributed by atoms with E-state index in [0.29, 0.717) is 12.2 Å². The normalized spacial score (nSPS) is 15.1. The van der Waals surface area contributed by atoms with E-state index >= 15 is 0 Å². The lowest BCUT2D eigenvalue weighted by molar-refractivity contribution is 0.0922. The Hall–Kier alpha value is -2.09. The fraction of sp³-hybridized carbons (Fsp3) is 0.316. The number of benzene rings is 2. The summed E-state index contributed by atoms with van der Waals surface area (Å²) in [6, 6.07) is 11.0. The van der Waals surface area contributed by atoms with E-state index in [1.165, 1.54) is 22.5 Å². The van der Waals surface area contributed by atoms with Crippen LogP contribution >= 0.6 is 11.6 Å². The van der Waals surface area contributed by atoms with Gasteiger partial charge in [0, 0.05) is 12.6 Å². The van der Waals surface area contributed by atoms with Crippen molar-refractivity contribution in [3.63, 3.8) is 0 Å². The molecule has 0 bridgehead atoms. The van der Waals surface area contributed by atoms with Crippen molar-refractivity contribution in [1.82, 2.24) is 5.32 Å². The number of nitrogens with zero attached hydrogens (tertiary/aromatic N) is 1. The van der Waals surface area contributed by atoms with Gasteiger partial charge in [-0.25, -0.2) is 8.42 Å². The fourth-order valence-corrected chi connectivity index (χ4v) is 4.83. The van der Waals surface area contributed by atoms with Crippen molar-refractivity contribution in [2.45, 2.75) is 30.7 Å². The molecule has 1 heterocycles. The van der Waals surface area contributed by atoms with Crippen LogP contribution in [0.15, 0.2) is 47.4 Å². The molecule has 144 valence electrons. The SMILES string of the molecule is CC(CO)NC(=O)c1cc(S(=O)(=O)N2CCCc3ccccc32)ccc1Cl. The highest BCUT2D eigenvalue weighted by Crippen LogP contribution is 2.32. The van der Waals surface area contributed by atoms with Crippen LogP contribution < -0.4 is 9.62 Å². The molecule has 0 aromatic heterocycles. The first-order valence-corrected chi connectivity index (χ1v) is 10.5. The molecule has 1 aliphatic heterocycles. The molecule has 27 heavy (non-hydrogen) atoms. The van der Waals surface area contributed by atoms with Gasteiger partial charge < -0.3 is 10.4 Å². The van der Waals surface area contributed by atoms with E-state index in [2.05, 4.69) is 5.32 Å². The lowest BCUT2D eigenvalue weighted by Crippen LogP contribution is -2.36. The zero-order valence-electron chi connectivity index (χ0n) is 14.9. The number of para-hydroxylation sites is 1. The molecule has 1 atom stereocenters. The summed E-state index contributed by atoms with van der Waals surface area (Å²) >= 11 is 6.10. The number of aliphatic hydroxyl groups is 1. The van der Waals surface area contributed by atoms with E-state index in [9.17, 15) is 13.2 Å². The third-order valence-corrected chi connectivity index (χ3v) is 6.63. The molecule has 1 aliphatic rings. The van der Waals surface area contributed by atoms with Crippen LogP contribution in [0.1, 0.15) is 29.3 Å². The minimum atomic E-state index is -3.84. The molecular formula is C19H21ClN2O4S. The molecule has 1 amide bonds. The van der Waals surface area contributed by atoms with E-state index in [1.807, 2.05) is 18.2 Å². The molecular weight excluding hydrogens is 388 g/mol. The number of sulfonamides is 1. The maximum atomic E-state index is 13.2. The average Bonchev–Trinajstić information content (AvgIpc) is 2.67. The molecule has 0 aliphatic carbocycles. The number of hydrogen-bond donors (Lipinski definition) is 2. The third-order valence-electron chi connectivity index (χ3n) is 4.49. The lowest BCUT2D eigenvalue weighted by Gasteiger charge is -2.30. The molecule has 3 rings (SSSR count). The number of hydrogen-bond acceptors (Lipinski definition) is 4. The number of nitrogens with one attached hydrogen (secondary N) is 1. The smallest absolute Gasteiger partial charge is 0.264 e. The summed E-state index contributed by atoms with van der Waals surface area (Å²) in [4.78, 5) is 12.4. The van der Waals surface area contributed by atoms with Gasteiger partial charge >= 0.3 is 0 Å². The molecule has 0 spiro atoms.